The van der Waals surface area contributed by atoms with Crippen LogP contribution in [0.25, 0.3) is 0 Å². The predicted octanol–water partition coefficient (Wildman–Crippen LogP) is 4.20. The highest BCUT2D eigenvalue weighted by molar-refractivity contribution is 5.65. The molecule has 0 aliphatic carbocycles. The Morgan fingerprint density at radius 1 is 0.955 bits per heavy atom. The summed E-state index contributed by atoms with van der Waals surface area (Å²) in [7, 11) is 0. The maximum atomic E-state index is 10.8. The Kier molecular flexibility index (Phi) is 5.83. The molecule has 2 rings (SSSR count). The standard InChI is InChI=1S/C18H20O4/c1-3-15(13-20-14(2)19)21-17-9-11-18(12-10-17)22-16-7-5-4-6-8-16/h4-12,15H,3,13H2,1-2H3. The normalized spacial score (nSPS) is 11.5. The lowest BCUT2D eigenvalue weighted by molar-refractivity contribution is -0.143. The highest BCUT2D eigenvalue weighted by Crippen LogP contribution is 2.24. The molecule has 0 heterocycles. The van der Waals surface area contributed by atoms with E-state index in [-0.39, 0.29) is 18.7 Å². The molecule has 0 bridgehead atoms. The third-order valence-electron chi connectivity index (χ3n) is 3.03. The molecule has 0 fully saturated rings. The highest BCUT2D eigenvalue weighted by Gasteiger charge is 2.10. The van der Waals surface area contributed by atoms with Crippen LogP contribution in [0.3, 0.4) is 0 Å². The van der Waals surface area contributed by atoms with Crippen molar-refractivity contribution in [1.82, 2.24) is 0 Å². The van der Waals surface area contributed by atoms with Gasteiger partial charge in [0.15, 0.2) is 0 Å². The van der Waals surface area contributed by atoms with Crippen LogP contribution in [0.1, 0.15) is 20.3 Å². The molecule has 116 valence electrons. The van der Waals surface area contributed by atoms with Crippen molar-refractivity contribution in [2.75, 3.05) is 6.61 Å². The number of rotatable bonds is 7. The summed E-state index contributed by atoms with van der Waals surface area (Å²) in [6, 6.07) is 17.0. The number of carbonyl (C=O) groups excluding carboxylic acids is 1. The van der Waals surface area contributed by atoms with E-state index in [1.54, 1.807) is 0 Å². The van der Waals surface area contributed by atoms with Gasteiger partial charge in [0.2, 0.25) is 0 Å². The molecule has 4 heteroatoms. The third-order valence-corrected chi connectivity index (χ3v) is 3.03. The molecule has 0 saturated heterocycles. The molecule has 1 atom stereocenters. The summed E-state index contributed by atoms with van der Waals surface area (Å²) in [5, 5.41) is 0. The van der Waals surface area contributed by atoms with E-state index >= 15 is 0 Å². The van der Waals surface area contributed by atoms with Crippen molar-refractivity contribution < 1.29 is 19.0 Å². The molecule has 22 heavy (non-hydrogen) atoms. The fourth-order valence-corrected chi connectivity index (χ4v) is 1.85. The molecule has 4 nitrogen and oxygen atoms in total. The fraction of sp³-hybridized carbons (Fsp3) is 0.278. The van der Waals surface area contributed by atoms with Crippen molar-refractivity contribution in [2.24, 2.45) is 0 Å². The van der Waals surface area contributed by atoms with Crippen LogP contribution in [0.2, 0.25) is 0 Å². The van der Waals surface area contributed by atoms with E-state index in [9.17, 15) is 4.79 Å². The van der Waals surface area contributed by atoms with Crippen molar-refractivity contribution in [1.29, 1.82) is 0 Å². The molecule has 0 radical (unpaired) electrons. The van der Waals surface area contributed by atoms with Crippen LogP contribution in [-0.4, -0.2) is 18.7 Å². The molecule has 0 N–H and O–H groups in total. The summed E-state index contributed by atoms with van der Waals surface area (Å²) in [6.07, 6.45) is 0.611. The monoisotopic (exact) mass is 300 g/mol. The van der Waals surface area contributed by atoms with Gasteiger partial charge in [-0.2, -0.15) is 0 Å². The minimum absolute atomic E-state index is 0.148. The molecule has 1 unspecified atom stereocenters. The summed E-state index contributed by atoms with van der Waals surface area (Å²) >= 11 is 0. The molecule has 0 spiro atoms. The van der Waals surface area contributed by atoms with Crippen molar-refractivity contribution in [2.45, 2.75) is 26.4 Å². The summed E-state index contributed by atoms with van der Waals surface area (Å²) in [4.78, 5) is 10.8. The molecule has 2 aromatic rings. The first kappa shape index (κ1) is 15.9. The van der Waals surface area contributed by atoms with E-state index in [4.69, 9.17) is 14.2 Å². The van der Waals surface area contributed by atoms with Crippen molar-refractivity contribution in [3.05, 3.63) is 54.6 Å². The number of esters is 1. The number of ether oxygens (including phenoxy) is 3. The van der Waals surface area contributed by atoms with E-state index in [0.717, 1.165) is 23.7 Å². The summed E-state index contributed by atoms with van der Waals surface area (Å²) in [6.45, 7) is 3.64. The lowest BCUT2D eigenvalue weighted by Crippen LogP contribution is -2.23. The number of hydrogen-bond acceptors (Lipinski definition) is 4. The van der Waals surface area contributed by atoms with Crippen LogP contribution in [0.4, 0.5) is 0 Å². The maximum absolute atomic E-state index is 10.8. The topological polar surface area (TPSA) is 44.8 Å². The second kappa shape index (κ2) is 8.08. The van der Waals surface area contributed by atoms with Gasteiger partial charge >= 0.3 is 5.97 Å². The first-order valence-corrected chi connectivity index (χ1v) is 7.30. The highest BCUT2D eigenvalue weighted by atomic mass is 16.6. The second-order valence-corrected chi connectivity index (χ2v) is 4.84. The van der Waals surface area contributed by atoms with Gasteiger partial charge in [-0.15, -0.1) is 0 Å². The lowest BCUT2D eigenvalue weighted by atomic mass is 10.2. The summed E-state index contributed by atoms with van der Waals surface area (Å²) in [5.74, 6) is 1.96. The van der Waals surface area contributed by atoms with Gasteiger partial charge < -0.3 is 14.2 Å². The van der Waals surface area contributed by atoms with Crippen LogP contribution >= 0.6 is 0 Å². The van der Waals surface area contributed by atoms with Crippen LogP contribution in [0.15, 0.2) is 54.6 Å². The average molecular weight is 300 g/mol. The summed E-state index contributed by atoms with van der Waals surface area (Å²) < 4.78 is 16.5. The first-order valence-electron chi connectivity index (χ1n) is 7.30. The quantitative estimate of drug-likeness (QED) is 0.719. The second-order valence-electron chi connectivity index (χ2n) is 4.84. The summed E-state index contributed by atoms with van der Waals surface area (Å²) in [5.41, 5.74) is 0. The van der Waals surface area contributed by atoms with Gasteiger partial charge in [-0.3, -0.25) is 4.79 Å². The predicted molar refractivity (Wildman–Crippen MR) is 84.3 cm³/mol. The SMILES string of the molecule is CCC(COC(C)=O)Oc1ccc(Oc2ccccc2)cc1. The fourth-order valence-electron chi connectivity index (χ4n) is 1.85. The lowest BCUT2D eigenvalue weighted by Gasteiger charge is -2.17. The Morgan fingerprint density at radius 3 is 2.14 bits per heavy atom. The molecule has 0 aromatic heterocycles. The van der Waals surface area contributed by atoms with Gasteiger partial charge in [-0.25, -0.2) is 0 Å². The van der Waals surface area contributed by atoms with Gasteiger partial charge in [0.05, 0.1) is 0 Å². The minimum Gasteiger partial charge on any atom is -0.487 e. The zero-order valence-electron chi connectivity index (χ0n) is 12.8. The maximum Gasteiger partial charge on any atom is 0.302 e. The van der Waals surface area contributed by atoms with Crippen molar-refractivity contribution >= 4 is 5.97 Å². The van der Waals surface area contributed by atoms with Gasteiger partial charge in [0.25, 0.3) is 0 Å². The van der Waals surface area contributed by atoms with E-state index in [0.29, 0.717) is 0 Å². The smallest absolute Gasteiger partial charge is 0.302 e. The van der Waals surface area contributed by atoms with Crippen LogP contribution < -0.4 is 9.47 Å². The van der Waals surface area contributed by atoms with Crippen LogP contribution in [-0.2, 0) is 9.53 Å². The molecule has 0 aliphatic heterocycles. The Balaban J connectivity index is 1.92. The van der Waals surface area contributed by atoms with E-state index in [1.165, 1.54) is 6.92 Å². The van der Waals surface area contributed by atoms with Crippen LogP contribution in [0, 0.1) is 0 Å². The Bertz CT molecular complexity index is 578. The Labute approximate surface area is 130 Å². The molecule has 0 amide bonds. The number of para-hydroxylation sites is 1. The first-order chi connectivity index (χ1) is 10.7. The van der Waals surface area contributed by atoms with Gasteiger partial charge in [-0.1, -0.05) is 25.1 Å². The molecular formula is C18H20O4. The van der Waals surface area contributed by atoms with E-state index < -0.39 is 0 Å². The third kappa shape index (κ3) is 5.13. The largest absolute Gasteiger partial charge is 0.487 e. The Morgan fingerprint density at radius 2 is 1.55 bits per heavy atom. The van der Waals surface area contributed by atoms with Crippen molar-refractivity contribution in [3.8, 4) is 17.2 Å². The average Bonchev–Trinajstić information content (AvgIpc) is 2.54. The number of carbonyl (C=O) groups is 1. The number of hydrogen-bond donors (Lipinski definition) is 0. The molecule has 0 aliphatic rings. The zero-order chi connectivity index (χ0) is 15.8. The van der Waals surface area contributed by atoms with E-state index in [2.05, 4.69) is 0 Å². The number of benzene rings is 2. The van der Waals surface area contributed by atoms with Gasteiger partial charge in [0, 0.05) is 6.92 Å². The van der Waals surface area contributed by atoms with Crippen LogP contribution in [0.5, 0.6) is 17.2 Å². The Hall–Kier alpha value is -2.49. The zero-order valence-corrected chi connectivity index (χ0v) is 12.8. The molecule has 0 saturated carbocycles. The van der Waals surface area contributed by atoms with E-state index in [1.807, 2.05) is 61.5 Å². The van der Waals surface area contributed by atoms with Gasteiger partial charge in [-0.05, 0) is 42.8 Å². The minimum atomic E-state index is -0.298. The molecule has 2 aromatic carbocycles. The van der Waals surface area contributed by atoms with Crippen molar-refractivity contribution in [3.63, 3.8) is 0 Å². The van der Waals surface area contributed by atoms with Gasteiger partial charge in [0.1, 0.15) is 30.0 Å². The molecular weight excluding hydrogens is 280 g/mol.